The number of ether oxygens (including phenoxy) is 1. The highest BCUT2D eigenvalue weighted by molar-refractivity contribution is 6.58. The van der Waals surface area contributed by atoms with Gasteiger partial charge in [-0.05, 0) is 11.5 Å². The smallest absolute Gasteiger partial charge is 0.464 e. The summed E-state index contributed by atoms with van der Waals surface area (Å²) in [4.78, 5) is 24.1. The van der Waals surface area contributed by atoms with E-state index in [-0.39, 0.29) is 11.2 Å². The Morgan fingerprint density at radius 2 is 2.14 bits per heavy atom. The van der Waals surface area contributed by atoms with Crippen molar-refractivity contribution in [3.05, 3.63) is 28.2 Å². The SMILES string of the molecule is COC(=O)c1cc(B(O)O)cc(=O)[nH]1. The second-order valence-corrected chi connectivity index (χ2v) is 2.56. The summed E-state index contributed by atoms with van der Waals surface area (Å²) in [5.74, 6) is -0.746. The highest BCUT2D eigenvalue weighted by atomic mass is 16.5. The van der Waals surface area contributed by atoms with E-state index in [0.717, 1.165) is 19.2 Å². The minimum Gasteiger partial charge on any atom is -0.464 e. The fraction of sp³-hybridized carbons (Fsp3) is 0.143. The molecule has 0 unspecified atom stereocenters. The third-order valence-corrected chi connectivity index (χ3v) is 1.57. The quantitative estimate of drug-likeness (QED) is 0.370. The molecule has 0 bridgehead atoms. The third-order valence-electron chi connectivity index (χ3n) is 1.57. The molecular formula is C7H8BNO5. The molecule has 0 radical (unpaired) electrons. The van der Waals surface area contributed by atoms with E-state index in [4.69, 9.17) is 10.0 Å². The molecule has 0 aromatic carbocycles. The van der Waals surface area contributed by atoms with Crippen LogP contribution in [0.3, 0.4) is 0 Å². The molecule has 0 saturated carbocycles. The van der Waals surface area contributed by atoms with Gasteiger partial charge in [0.15, 0.2) is 0 Å². The van der Waals surface area contributed by atoms with E-state index in [1.165, 1.54) is 0 Å². The molecule has 74 valence electrons. The maximum atomic E-state index is 11.0. The molecule has 0 aliphatic rings. The van der Waals surface area contributed by atoms with E-state index in [0.29, 0.717) is 0 Å². The molecule has 1 aromatic rings. The van der Waals surface area contributed by atoms with Crippen LogP contribution in [0.4, 0.5) is 0 Å². The monoisotopic (exact) mass is 197 g/mol. The summed E-state index contributed by atoms with van der Waals surface area (Å²) in [5.41, 5.74) is -0.784. The van der Waals surface area contributed by atoms with Crippen LogP contribution in [0.25, 0.3) is 0 Å². The fourth-order valence-electron chi connectivity index (χ4n) is 0.934. The molecule has 1 heterocycles. The lowest BCUT2D eigenvalue weighted by atomic mass is 9.80. The van der Waals surface area contributed by atoms with Crippen molar-refractivity contribution in [2.45, 2.75) is 0 Å². The van der Waals surface area contributed by atoms with Crippen LogP contribution >= 0.6 is 0 Å². The fourth-order valence-corrected chi connectivity index (χ4v) is 0.934. The van der Waals surface area contributed by atoms with Crippen molar-refractivity contribution in [1.82, 2.24) is 4.98 Å². The molecular weight excluding hydrogens is 189 g/mol. The molecule has 0 spiro atoms. The predicted octanol–water partition coefficient (Wildman–Crippen LogP) is -2.16. The highest BCUT2D eigenvalue weighted by Gasteiger charge is 2.15. The number of carbonyl (C=O) groups is 1. The summed E-state index contributed by atoms with van der Waals surface area (Å²) in [6.45, 7) is 0. The standard InChI is InChI=1S/C7H8BNO5/c1-14-7(11)5-2-4(8(12)13)3-6(10)9-5/h2-3,12-13H,1H3,(H,9,10). The lowest BCUT2D eigenvalue weighted by molar-refractivity contribution is 0.0594. The molecule has 0 saturated heterocycles. The number of aromatic nitrogens is 1. The summed E-state index contributed by atoms with van der Waals surface area (Å²) < 4.78 is 4.35. The molecule has 0 aliphatic carbocycles. The first-order chi connectivity index (χ1) is 6.54. The second kappa shape index (κ2) is 4.08. The second-order valence-electron chi connectivity index (χ2n) is 2.56. The zero-order valence-corrected chi connectivity index (χ0v) is 7.35. The number of hydrogen-bond acceptors (Lipinski definition) is 5. The van der Waals surface area contributed by atoms with Crippen molar-refractivity contribution < 1.29 is 19.6 Å². The molecule has 6 nitrogen and oxygen atoms in total. The van der Waals surface area contributed by atoms with Gasteiger partial charge in [0, 0.05) is 6.07 Å². The number of carbonyl (C=O) groups excluding carboxylic acids is 1. The number of H-pyrrole nitrogens is 1. The molecule has 0 aliphatic heterocycles. The Bertz CT molecular complexity index is 399. The average Bonchev–Trinajstić information content (AvgIpc) is 2.15. The Labute approximate surface area is 79.3 Å². The van der Waals surface area contributed by atoms with Crippen molar-refractivity contribution in [3.8, 4) is 0 Å². The van der Waals surface area contributed by atoms with Gasteiger partial charge in [-0.2, -0.15) is 0 Å². The number of nitrogens with one attached hydrogen (secondary N) is 1. The summed E-state index contributed by atoms with van der Waals surface area (Å²) in [6, 6.07) is 2.12. The molecule has 7 heteroatoms. The van der Waals surface area contributed by atoms with E-state index in [9.17, 15) is 9.59 Å². The van der Waals surface area contributed by atoms with Crippen LogP contribution in [0.1, 0.15) is 10.5 Å². The summed E-state index contributed by atoms with van der Waals surface area (Å²) in [7, 11) is -0.636. The Morgan fingerprint density at radius 1 is 1.50 bits per heavy atom. The van der Waals surface area contributed by atoms with Gasteiger partial charge in [-0.1, -0.05) is 0 Å². The van der Waals surface area contributed by atoms with Crippen molar-refractivity contribution in [3.63, 3.8) is 0 Å². The lowest BCUT2D eigenvalue weighted by Gasteiger charge is -2.01. The van der Waals surface area contributed by atoms with Gasteiger partial charge in [0.25, 0.3) is 0 Å². The van der Waals surface area contributed by atoms with Crippen LogP contribution in [-0.2, 0) is 4.74 Å². The van der Waals surface area contributed by atoms with E-state index < -0.39 is 18.6 Å². The van der Waals surface area contributed by atoms with Gasteiger partial charge < -0.3 is 19.8 Å². The topological polar surface area (TPSA) is 99.6 Å². The van der Waals surface area contributed by atoms with Gasteiger partial charge in [-0.15, -0.1) is 0 Å². The number of pyridine rings is 1. The van der Waals surface area contributed by atoms with E-state index in [2.05, 4.69) is 9.72 Å². The first-order valence-electron chi connectivity index (χ1n) is 3.73. The number of aromatic amines is 1. The highest BCUT2D eigenvalue weighted by Crippen LogP contribution is 1.91. The van der Waals surface area contributed by atoms with Crippen LogP contribution < -0.4 is 11.0 Å². The maximum absolute atomic E-state index is 11.0. The van der Waals surface area contributed by atoms with Crippen LogP contribution in [0.5, 0.6) is 0 Å². The van der Waals surface area contributed by atoms with Gasteiger partial charge in [-0.25, -0.2) is 4.79 Å². The van der Waals surface area contributed by atoms with Crippen LogP contribution in [-0.4, -0.2) is 35.2 Å². The van der Waals surface area contributed by atoms with E-state index in [1.807, 2.05) is 0 Å². The summed E-state index contributed by atoms with van der Waals surface area (Å²) >= 11 is 0. The van der Waals surface area contributed by atoms with Gasteiger partial charge in [0.1, 0.15) is 5.69 Å². The number of esters is 1. The van der Waals surface area contributed by atoms with Crippen molar-refractivity contribution in [2.75, 3.05) is 7.11 Å². The van der Waals surface area contributed by atoms with Crippen molar-refractivity contribution >= 4 is 18.6 Å². The Morgan fingerprint density at radius 3 is 2.64 bits per heavy atom. The van der Waals surface area contributed by atoms with E-state index in [1.54, 1.807) is 0 Å². The van der Waals surface area contributed by atoms with Crippen LogP contribution in [0.2, 0.25) is 0 Å². The third kappa shape index (κ3) is 2.21. The molecule has 0 amide bonds. The lowest BCUT2D eigenvalue weighted by Crippen LogP contribution is -2.34. The molecule has 0 fully saturated rings. The normalized spacial score (nSPS) is 9.64. The average molecular weight is 197 g/mol. The zero-order chi connectivity index (χ0) is 10.7. The predicted molar refractivity (Wildman–Crippen MR) is 48.2 cm³/mol. The molecule has 3 N–H and O–H groups in total. The Hall–Kier alpha value is -1.60. The minimum absolute atomic E-state index is 0.0610. The number of rotatable bonds is 2. The summed E-state index contributed by atoms with van der Waals surface area (Å²) in [5, 5.41) is 17.6. The molecule has 14 heavy (non-hydrogen) atoms. The van der Waals surface area contributed by atoms with Crippen molar-refractivity contribution in [1.29, 1.82) is 0 Å². The Balaban J connectivity index is 3.20. The number of methoxy groups -OCH3 is 1. The summed E-state index contributed by atoms with van der Waals surface area (Å²) in [6.07, 6.45) is 0. The van der Waals surface area contributed by atoms with Crippen LogP contribution in [0.15, 0.2) is 16.9 Å². The first kappa shape index (κ1) is 10.5. The van der Waals surface area contributed by atoms with E-state index >= 15 is 0 Å². The largest absolute Gasteiger partial charge is 0.488 e. The maximum Gasteiger partial charge on any atom is 0.488 e. The number of hydrogen-bond donors (Lipinski definition) is 3. The molecule has 1 aromatic heterocycles. The molecule has 0 atom stereocenters. The Kier molecular flexibility index (Phi) is 3.05. The van der Waals surface area contributed by atoms with Crippen LogP contribution in [0, 0.1) is 0 Å². The first-order valence-corrected chi connectivity index (χ1v) is 3.73. The zero-order valence-electron chi connectivity index (χ0n) is 7.35. The van der Waals surface area contributed by atoms with Gasteiger partial charge in [0.05, 0.1) is 7.11 Å². The van der Waals surface area contributed by atoms with Gasteiger partial charge >= 0.3 is 13.1 Å². The molecule has 1 rings (SSSR count). The minimum atomic E-state index is -1.79. The van der Waals surface area contributed by atoms with Crippen molar-refractivity contribution in [2.24, 2.45) is 0 Å². The van der Waals surface area contributed by atoms with Gasteiger partial charge in [-0.3, -0.25) is 4.79 Å². The van der Waals surface area contributed by atoms with Gasteiger partial charge in [0.2, 0.25) is 5.56 Å².